The molecule has 2 rings (SSSR count). The van der Waals surface area contributed by atoms with Gasteiger partial charge in [-0.1, -0.05) is 27.7 Å². The predicted octanol–water partition coefficient (Wildman–Crippen LogP) is 1.91. The molecule has 1 heterocycles. The van der Waals surface area contributed by atoms with E-state index in [4.69, 9.17) is 5.73 Å². The van der Waals surface area contributed by atoms with Gasteiger partial charge in [0.2, 0.25) is 0 Å². The highest BCUT2D eigenvalue weighted by molar-refractivity contribution is 5.57. The van der Waals surface area contributed by atoms with E-state index in [0.717, 1.165) is 0 Å². The third-order valence-electron chi connectivity index (χ3n) is 4.03. The van der Waals surface area contributed by atoms with Crippen LogP contribution < -0.4 is 11.1 Å². The Morgan fingerprint density at radius 3 is 2.13 bits per heavy atom. The van der Waals surface area contributed by atoms with Crippen LogP contribution in [-0.2, 0) is 0 Å². The van der Waals surface area contributed by atoms with Crippen molar-refractivity contribution in [1.29, 1.82) is 0 Å². The van der Waals surface area contributed by atoms with Gasteiger partial charge in [-0.25, -0.2) is 9.97 Å². The van der Waals surface area contributed by atoms with E-state index in [1.165, 1.54) is 0 Å². The Morgan fingerprint density at radius 2 is 1.67 bits per heavy atom. The zero-order valence-electron chi connectivity index (χ0n) is 9.70. The average molecular weight is 206 g/mol. The first-order chi connectivity index (χ1) is 6.87. The molecule has 4 heteroatoms. The van der Waals surface area contributed by atoms with Crippen LogP contribution in [0.2, 0.25) is 0 Å². The molecule has 15 heavy (non-hydrogen) atoms. The van der Waals surface area contributed by atoms with Crippen molar-refractivity contribution in [3.05, 3.63) is 12.4 Å². The van der Waals surface area contributed by atoms with Crippen molar-refractivity contribution in [1.82, 2.24) is 9.97 Å². The molecule has 1 aromatic heterocycles. The van der Waals surface area contributed by atoms with Crippen molar-refractivity contribution in [2.45, 2.75) is 33.7 Å². The van der Waals surface area contributed by atoms with E-state index >= 15 is 0 Å². The van der Waals surface area contributed by atoms with Crippen LogP contribution in [-0.4, -0.2) is 16.0 Å². The fourth-order valence-electron chi connectivity index (χ4n) is 2.15. The van der Waals surface area contributed by atoms with Gasteiger partial charge in [0.05, 0.1) is 0 Å². The molecule has 3 N–H and O–H groups in total. The highest BCUT2D eigenvalue weighted by atomic mass is 15.1. The number of hydrogen-bond donors (Lipinski definition) is 2. The number of nitrogen functional groups attached to an aromatic ring is 1. The van der Waals surface area contributed by atoms with Crippen LogP contribution in [0.1, 0.15) is 27.7 Å². The molecular weight excluding hydrogens is 188 g/mol. The van der Waals surface area contributed by atoms with Crippen LogP contribution in [0.3, 0.4) is 0 Å². The maximum Gasteiger partial charge on any atom is 0.169 e. The summed E-state index contributed by atoms with van der Waals surface area (Å²) in [6.07, 6.45) is 3.25. The fourth-order valence-corrected chi connectivity index (χ4v) is 2.15. The summed E-state index contributed by atoms with van der Waals surface area (Å²) in [5, 5.41) is 3.37. The van der Waals surface area contributed by atoms with Gasteiger partial charge >= 0.3 is 0 Å². The molecule has 0 spiro atoms. The Kier molecular flexibility index (Phi) is 1.93. The first-order valence-electron chi connectivity index (χ1n) is 5.20. The summed E-state index contributed by atoms with van der Waals surface area (Å²) in [6.45, 7) is 8.99. The molecule has 0 bridgehead atoms. The van der Waals surface area contributed by atoms with Gasteiger partial charge in [-0.2, -0.15) is 0 Å². The van der Waals surface area contributed by atoms with Crippen LogP contribution >= 0.6 is 0 Å². The number of nitrogens with zero attached hydrogens (tertiary/aromatic N) is 2. The van der Waals surface area contributed by atoms with E-state index < -0.39 is 0 Å². The lowest BCUT2D eigenvalue weighted by Crippen LogP contribution is -2.13. The molecule has 1 aromatic rings. The summed E-state index contributed by atoms with van der Waals surface area (Å²) in [5.41, 5.74) is 6.29. The van der Waals surface area contributed by atoms with E-state index in [1.54, 1.807) is 12.4 Å². The van der Waals surface area contributed by atoms with Crippen molar-refractivity contribution in [3.63, 3.8) is 0 Å². The first kappa shape index (κ1) is 10.2. The van der Waals surface area contributed by atoms with Crippen LogP contribution in [0, 0.1) is 10.8 Å². The molecule has 0 atom stereocenters. The quantitative estimate of drug-likeness (QED) is 0.775. The van der Waals surface area contributed by atoms with Crippen molar-refractivity contribution >= 4 is 11.6 Å². The Hall–Kier alpha value is -1.32. The van der Waals surface area contributed by atoms with Crippen molar-refractivity contribution < 1.29 is 0 Å². The minimum atomic E-state index is 0.275. The second-order valence-corrected chi connectivity index (χ2v) is 5.31. The molecule has 1 fully saturated rings. The zero-order valence-corrected chi connectivity index (χ0v) is 9.70. The zero-order chi connectivity index (χ0) is 11.3. The third-order valence-corrected chi connectivity index (χ3v) is 4.03. The molecule has 0 radical (unpaired) electrons. The largest absolute Gasteiger partial charge is 0.381 e. The van der Waals surface area contributed by atoms with Gasteiger partial charge < -0.3 is 11.1 Å². The molecular formula is C11H18N4. The summed E-state index contributed by atoms with van der Waals surface area (Å²) < 4.78 is 0. The number of nitrogens with two attached hydrogens (primary N) is 1. The van der Waals surface area contributed by atoms with Gasteiger partial charge in [0.25, 0.3) is 0 Å². The Morgan fingerprint density at radius 1 is 1.13 bits per heavy atom. The molecule has 0 unspecified atom stereocenters. The highest BCUT2D eigenvalue weighted by Gasteiger charge is 2.65. The minimum Gasteiger partial charge on any atom is -0.381 e. The SMILES string of the molecule is CC1(C)C(Nc2nccnc2N)C1(C)C. The summed E-state index contributed by atoms with van der Waals surface area (Å²) >= 11 is 0. The molecule has 82 valence electrons. The summed E-state index contributed by atoms with van der Waals surface area (Å²) in [7, 11) is 0. The number of anilines is 2. The van der Waals surface area contributed by atoms with Crippen LogP contribution in [0.25, 0.3) is 0 Å². The van der Waals surface area contributed by atoms with E-state index in [2.05, 4.69) is 43.0 Å². The van der Waals surface area contributed by atoms with Crippen molar-refractivity contribution in [2.75, 3.05) is 11.1 Å². The number of nitrogens with one attached hydrogen (secondary N) is 1. The molecule has 1 aliphatic rings. The van der Waals surface area contributed by atoms with Crippen molar-refractivity contribution in [3.8, 4) is 0 Å². The van der Waals surface area contributed by atoms with E-state index in [0.29, 0.717) is 17.7 Å². The second-order valence-electron chi connectivity index (χ2n) is 5.31. The lowest BCUT2D eigenvalue weighted by atomic mass is 10.0. The van der Waals surface area contributed by atoms with Crippen LogP contribution in [0.5, 0.6) is 0 Å². The summed E-state index contributed by atoms with van der Waals surface area (Å²) in [4.78, 5) is 8.20. The average Bonchev–Trinajstić information content (AvgIpc) is 2.51. The standard InChI is InChI=1S/C11H18N4/c1-10(2)9(11(10,3)4)15-8-7(12)13-5-6-14-8/h5-6,9H,1-4H3,(H2,12,13)(H,14,15). The Balaban J connectivity index is 2.16. The Bertz CT molecular complexity index is 370. The summed E-state index contributed by atoms with van der Waals surface area (Å²) in [6, 6.07) is 0.406. The van der Waals surface area contributed by atoms with E-state index in [9.17, 15) is 0 Å². The fraction of sp³-hybridized carbons (Fsp3) is 0.636. The molecule has 0 aliphatic heterocycles. The molecule has 1 aliphatic carbocycles. The normalized spacial score (nSPS) is 22.4. The number of aromatic nitrogens is 2. The van der Waals surface area contributed by atoms with Gasteiger partial charge in [-0.05, 0) is 10.8 Å². The third kappa shape index (κ3) is 1.35. The lowest BCUT2D eigenvalue weighted by molar-refractivity contribution is 0.457. The maximum absolute atomic E-state index is 5.74. The van der Waals surface area contributed by atoms with Crippen LogP contribution in [0.4, 0.5) is 11.6 Å². The van der Waals surface area contributed by atoms with Gasteiger partial charge in [0, 0.05) is 18.4 Å². The number of rotatable bonds is 2. The van der Waals surface area contributed by atoms with Gasteiger partial charge in [-0.3, -0.25) is 0 Å². The molecule has 4 nitrogen and oxygen atoms in total. The topological polar surface area (TPSA) is 63.8 Å². The second kappa shape index (κ2) is 2.84. The molecule has 1 saturated carbocycles. The smallest absolute Gasteiger partial charge is 0.169 e. The minimum absolute atomic E-state index is 0.275. The lowest BCUT2D eigenvalue weighted by Gasteiger charge is -2.08. The monoisotopic (exact) mass is 206 g/mol. The Labute approximate surface area is 90.3 Å². The number of hydrogen-bond acceptors (Lipinski definition) is 4. The van der Waals surface area contributed by atoms with E-state index in [-0.39, 0.29) is 10.8 Å². The van der Waals surface area contributed by atoms with E-state index in [1.807, 2.05) is 0 Å². The maximum atomic E-state index is 5.74. The van der Waals surface area contributed by atoms with Crippen LogP contribution in [0.15, 0.2) is 12.4 Å². The molecule has 0 saturated heterocycles. The first-order valence-corrected chi connectivity index (χ1v) is 5.20. The predicted molar refractivity (Wildman–Crippen MR) is 61.4 cm³/mol. The summed E-state index contributed by atoms with van der Waals surface area (Å²) in [5.74, 6) is 1.16. The van der Waals surface area contributed by atoms with Crippen molar-refractivity contribution in [2.24, 2.45) is 10.8 Å². The molecule has 0 aromatic carbocycles. The van der Waals surface area contributed by atoms with Gasteiger partial charge in [-0.15, -0.1) is 0 Å². The van der Waals surface area contributed by atoms with Gasteiger partial charge in [0.15, 0.2) is 11.6 Å². The highest BCUT2D eigenvalue weighted by Crippen LogP contribution is 2.63. The van der Waals surface area contributed by atoms with Gasteiger partial charge in [0.1, 0.15) is 0 Å². The molecule has 0 amide bonds.